The van der Waals surface area contributed by atoms with Gasteiger partial charge in [-0.15, -0.1) is 0 Å². The van der Waals surface area contributed by atoms with Crippen LogP contribution in [0.5, 0.6) is 0 Å². The summed E-state index contributed by atoms with van der Waals surface area (Å²) in [6.07, 6.45) is 3.72. The number of hydrogen-bond acceptors (Lipinski definition) is 2. The number of hydrogen-bond donors (Lipinski definition) is 0. The van der Waals surface area contributed by atoms with Crippen LogP contribution in [0.2, 0.25) is 0 Å². The van der Waals surface area contributed by atoms with Crippen molar-refractivity contribution in [1.29, 1.82) is 0 Å². The Kier molecular flexibility index (Phi) is 2.24. The van der Waals surface area contributed by atoms with Gasteiger partial charge in [0.05, 0.1) is 0 Å². The average Bonchev–Trinajstić information content (AvgIpc) is 2.62. The van der Waals surface area contributed by atoms with Crippen molar-refractivity contribution in [1.82, 2.24) is 0 Å². The molecule has 1 aromatic heterocycles. The molecule has 0 amide bonds. The second-order valence-corrected chi connectivity index (χ2v) is 5.11. The normalized spacial score (nSPS) is 28.2. The highest BCUT2D eigenvalue weighted by atomic mass is 32.1. The molecule has 1 unspecified atom stereocenters. The lowest BCUT2D eigenvalue weighted by Gasteiger charge is -2.21. The molecule has 1 aromatic rings. The van der Waals surface area contributed by atoms with Crippen LogP contribution < -0.4 is 0 Å². The Bertz CT molecular complexity index is 302. The van der Waals surface area contributed by atoms with Crippen LogP contribution in [0, 0.1) is 5.41 Å². The fourth-order valence-electron chi connectivity index (χ4n) is 2.13. The van der Waals surface area contributed by atoms with E-state index in [1.165, 1.54) is 5.56 Å². The number of thiophene rings is 1. The van der Waals surface area contributed by atoms with E-state index in [0.717, 1.165) is 25.7 Å². The van der Waals surface area contributed by atoms with E-state index in [4.69, 9.17) is 0 Å². The number of ketones is 1. The minimum atomic E-state index is 0.248. The highest BCUT2D eigenvalue weighted by Gasteiger charge is 2.33. The van der Waals surface area contributed by atoms with E-state index in [1.807, 2.05) is 0 Å². The molecular formula is C11H14OS. The van der Waals surface area contributed by atoms with Crippen molar-refractivity contribution in [3.05, 3.63) is 22.4 Å². The molecule has 1 nitrogen and oxygen atoms in total. The van der Waals surface area contributed by atoms with E-state index in [9.17, 15) is 4.79 Å². The molecule has 1 aliphatic carbocycles. The molecular weight excluding hydrogens is 180 g/mol. The van der Waals surface area contributed by atoms with Gasteiger partial charge in [-0.1, -0.05) is 6.92 Å². The number of carbonyl (C=O) groups excluding carboxylic acids is 1. The van der Waals surface area contributed by atoms with Crippen LogP contribution in [0.4, 0.5) is 0 Å². The molecule has 0 aromatic carbocycles. The highest BCUT2D eigenvalue weighted by molar-refractivity contribution is 7.07. The average molecular weight is 194 g/mol. The van der Waals surface area contributed by atoms with Crippen LogP contribution in [0.15, 0.2) is 16.8 Å². The predicted octanol–water partition coefficient (Wildman–Crippen LogP) is 3.05. The molecule has 0 spiro atoms. The summed E-state index contributed by atoms with van der Waals surface area (Å²) in [5.41, 5.74) is 1.64. The summed E-state index contributed by atoms with van der Waals surface area (Å²) in [6, 6.07) is 2.17. The number of Topliss-reactive ketones (excluding diaryl/α,β-unsaturated/α-hetero) is 1. The van der Waals surface area contributed by atoms with Gasteiger partial charge in [-0.3, -0.25) is 4.79 Å². The summed E-state index contributed by atoms with van der Waals surface area (Å²) in [5, 5.41) is 4.30. The van der Waals surface area contributed by atoms with Crippen LogP contribution in [-0.2, 0) is 11.2 Å². The van der Waals surface area contributed by atoms with Gasteiger partial charge in [0.25, 0.3) is 0 Å². The van der Waals surface area contributed by atoms with Crippen LogP contribution in [-0.4, -0.2) is 5.78 Å². The summed E-state index contributed by atoms with van der Waals surface area (Å²) in [6.45, 7) is 2.23. The fourth-order valence-corrected chi connectivity index (χ4v) is 2.80. The summed E-state index contributed by atoms with van der Waals surface area (Å²) < 4.78 is 0. The van der Waals surface area contributed by atoms with E-state index in [1.54, 1.807) is 11.3 Å². The van der Waals surface area contributed by atoms with Crippen LogP contribution >= 0.6 is 11.3 Å². The van der Waals surface area contributed by atoms with Gasteiger partial charge in [0.1, 0.15) is 5.78 Å². The van der Waals surface area contributed by atoms with Gasteiger partial charge < -0.3 is 0 Å². The molecule has 0 bridgehead atoms. The monoisotopic (exact) mass is 194 g/mol. The third kappa shape index (κ3) is 1.99. The highest BCUT2D eigenvalue weighted by Crippen LogP contribution is 2.38. The molecule has 0 saturated heterocycles. The fraction of sp³-hybridized carbons (Fsp3) is 0.545. The van der Waals surface area contributed by atoms with Crippen LogP contribution in [0.3, 0.4) is 0 Å². The topological polar surface area (TPSA) is 17.1 Å². The SMILES string of the molecule is CC1(Cc2ccsc2)CCC(=O)C1. The zero-order chi connectivity index (χ0) is 9.31. The Labute approximate surface area is 82.8 Å². The quantitative estimate of drug-likeness (QED) is 0.707. The largest absolute Gasteiger partial charge is 0.300 e. The first kappa shape index (κ1) is 8.95. The second kappa shape index (κ2) is 3.26. The Morgan fingerprint density at radius 1 is 1.62 bits per heavy atom. The van der Waals surface area contributed by atoms with E-state index >= 15 is 0 Å². The molecule has 1 aliphatic rings. The molecule has 2 heteroatoms. The zero-order valence-electron chi connectivity index (χ0n) is 7.88. The summed E-state index contributed by atoms with van der Waals surface area (Å²) in [4.78, 5) is 11.2. The third-order valence-corrected chi connectivity index (χ3v) is 3.57. The summed E-state index contributed by atoms with van der Waals surface area (Å²) >= 11 is 1.74. The maximum Gasteiger partial charge on any atom is 0.133 e. The van der Waals surface area contributed by atoms with Gasteiger partial charge in [-0.2, -0.15) is 11.3 Å². The van der Waals surface area contributed by atoms with E-state index in [0.29, 0.717) is 5.78 Å². The standard InChI is InChI=1S/C11H14OS/c1-11(4-2-10(12)7-11)6-9-3-5-13-8-9/h3,5,8H,2,4,6-7H2,1H3. The minimum Gasteiger partial charge on any atom is -0.300 e. The first-order valence-electron chi connectivity index (χ1n) is 4.71. The van der Waals surface area contributed by atoms with Crippen molar-refractivity contribution in [3.63, 3.8) is 0 Å². The van der Waals surface area contributed by atoms with Gasteiger partial charge in [0, 0.05) is 12.8 Å². The predicted molar refractivity (Wildman–Crippen MR) is 55.0 cm³/mol. The van der Waals surface area contributed by atoms with E-state index in [2.05, 4.69) is 23.8 Å². The minimum absolute atomic E-state index is 0.248. The van der Waals surface area contributed by atoms with Gasteiger partial charge >= 0.3 is 0 Å². The molecule has 13 heavy (non-hydrogen) atoms. The van der Waals surface area contributed by atoms with E-state index < -0.39 is 0 Å². The Hall–Kier alpha value is -0.630. The lowest BCUT2D eigenvalue weighted by Crippen LogP contribution is -2.15. The first-order valence-corrected chi connectivity index (χ1v) is 5.65. The summed E-state index contributed by atoms with van der Waals surface area (Å²) in [7, 11) is 0. The first-order chi connectivity index (χ1) is 6.18. The smallest absolute Gasteiger partial charge is 0.133 e. The second-order valence-electron chi connectivity index (χ2n) is 4.33. The molecule has 1 fully saturated rings. The van der Waals surface area contributed by atoms with Gasteiger partial charge in [0.15, 0.2) is 0 Å². The molecule has 2 rings (SSSR count). The molecule has 0 N–H and O–H groups in total. The van der Waals surface area contributed by atoms with Crippen molar-refractivity contribution < 1.29 is 4.79 Å². The zero-order valence-corrected chi connectivity index (χ0v) is 8.69. The third-order valence-electron chi connectivity index (χ3n) is 2.84. The van der Waals surface area contributed by atoms with Crippen molar-refractivity contribution in [2.24, 2.45) is 5.41 Å². The van der Waals surface area contributed by atoms with E-state index in [-0.39, 0.29) is 5.41 Å². The molecule has 1 heterocycles. The molecule has 0 radical (unpaired) electrons. The molecule has 0 aliphatic heterocycles. The summed E-state index contributed by atoms with van der Waals surface area (Å²) in [5.74, 6) is 0.442. The van der Waals surface area contributed by atoms with Crippen molar-refractivity contribution >= 4 is 17.1 Å². The van der Waals surface area contributed by atoms with Crippen molar-refractivity contribution in [2.45, 2.75) is 32.6 Å². The number of rotatable bonds is 2. The molecule has 70 valence electrons. The maximum absolute atomic E-state index is 11.2. The lowest BCUT2D eigenvalue weighted by molar-refractivity contribution is -0.117. The van der Waals surface area contributed by atoms with Crippen molar-refractivity contribution in [3.8, 4) is 0 Å². The molecule has 1 saturated carbocycles. The molecule has 1 atom stereocenters. The Balaban J connectivity index is 2.05. The van der Waals surface area contributed by atoms with Crippen LogP contribution in [0.25, 0.3) is 0 Å². The van der Waals surface area contributed by atoms with Gasteiger partial charge in [-0.05, 0) is 40.6 Å². The number of carbonyl (C=O) groups is 1. The lowest BCUT2D eigenvalue weighted by atomic mass is 9.83. The van der Waals surface area contributed by atoms with Crippen molar-refractivity contribution in [2.75, 3.05) is 0 Å². The Morgan fingerprint density at radius 2 is 2.46 bits per heavy atom. The Morgan fingerprint density at radius 3 is 3.00 bits per heavy atom. The van der Waals surface area contributed by atoms with Gasteiger partial charge in [0.2, 0.25) is 0 Å². The van der Waals surface area contributed by atoms with Crippen LogP contribution in [0.1, 0.15) is 31.7 Å². The maximum atomic E-state index is 11.2. The van der Waals surface area contributed by atoms with Gasteiger partial charge in [-0.25, -0.2) is 0 Å².